The summed E-state index contributed by atoms with van der Waals surface area (Å²) in [5.74, 6) is 0. The zero-order chi connectivity index (χ0) is 32.3. The molecule has 0 unspecified atom stereocenters. The van der Waals surface area contributed by atoms with E-state index in [1.807, 2.05) is 88.4 Å². The Hall–Kier alpha value is -4.80. The molecule has 0 amide bonds. The first-order valence-electron chi connectivity index (χ1n) is 14.6. The molecular formula is C36H24Br2N4O4. The van der Waals surface area contributed by atoms with Gasteiger partial charge in [-0.05, 0) is 93.9 Å². The molecule has 3 heterocycles. The van der Waals surface area contributed by atoms with Crippen LogP contribution in [-0.2, 0) is 0 Å². The average Bonchev–Trinajstić information content (AvgIpc) is 3.01. The number of nitrogens with one attached hydrogen (secondary N) is 2. The Morgan fingerprint density at radius 1 is 0.457 bits per heavy atom. The minimum absolute atomic E-state index is 0.189. The Bertz CT molecular complexity index is 2680. The fraction of sp³-hybridized carbons (Fsp3) is 0.111. The maximum absolute atomic E-state index is 14.8. The van der Waals surface area contributed by atoms with Crippen LogP contribution >= 0.6 is 31.9 Å². The second-order valence-electron chi connectivity index (χ2n) is 11.8. The van der Waals surface area contributed by atoms with Crippen molar-refractivity contribution < 1.29 is 0 Å². The van der Waals surface area contributed by atoms with Crippen molar-refractivity contribution in [2.24, 2.45) is 0 Å². The van der Waals surface area contributed by atoms with E-state index in [0.717, 1.165) is 22.3 Å². The van der Waals surface area contributed by atoms with Crippen molar-refractivity contribution in [2.75, 3.05) is 0 Å². The minimum Gasteiger partial charge on any atom is -0.351 e. The van der Waals surface area contributed by atoms with Gasteiger partial charge < -0.3 is 9.97 Å². The molecule has 0 atom stereocenters. The van der Waals surface area contributed by atoms with Crippen LogP contribution in [0.5, 0.6) is 0 Å². The second kappa shape index (κ2) is 9.85. The highest BCUT2D eigenvalue weighted by atomic mass is 79.9. The molecule has 10 heteroatoms. The normalized spacial score (nSPS) is 12.0. The number of benzene rings is 5. The summed E-state index contributed by atoms with van der Waals surface area (Å²) < 4.78 is 3.06. The summed E-state index contributed by atoms with van der Waals surface area (Å²) in [5, 5.41) is 1.29. The van der Waals surface area contributed by atoms with Crippen molar-refractivity contribution in [1.29, 1.82) is 0 Å². The first kappa shape index (κ1) is 28.7. The monoisotopic (exact) mass is 734 g/mol. The maximum Gasteiger partial charge on any atom is 0.268 e. The Kier molecular flexibility index (Phi) is 6.14. The Morgan fingerprint density at radius 3 is 1.13 bits per heavy atom. The number of para-hydroxylation sites is 4. The van der Waals surface area contributed by atoms with E-state index >= 15 is 0 Å². The lowest BCUT2D eigenvalue weighted by molar-refractivity contribution is 0.942. The number of hydrogen-bond acceptors (Lipinski definition) is 4. The lowest BCUT2D eigenvalue weighted by Gasteiger charge is -2.21. The van der Waals surface area contributed by atoms with Crippen LogP contribution in [0.1, 0.15) is 22.3 Å². The van der Waals surface area contributed by atoms with Gasteiger partial charge >= 0.3 is 0 Å². The molecule has 0 spiro atoms. The summed E-state index contributed by atoms with van der Waals surface area (Å²) in [6.45, 7) is 7.42. The summed E-state index contributed by atoms with van der Waals surface area (Å²) >= 11 is 7.28. The fourth-order valence-corrected chi connectivity index (χ4v) is 8.23. The van der Waals surface area contributed by atoms with E-state index in [0.29, 0.717) is 42.4 Å². The van der Waals surface area contributed by atoms with Gasteiger partial charge in [-0.25, -0.2) is 9.13 Å². The van der Waals surface area contributed by atoms with Crippen molar-refractivity contribution in [2.45, 2.75) is 27.7 Å². The van der Waals surface area contributed by atoms with Gasteiger partial charge in [0.25, 0.3) is 22.2 Å². The van der Waals surface area contributed by atoms with Crippen LogP contribution < -0.4 is 22.2 Å². The van der Waals surface area contributed by atoms with Crippen LogP contribution in [0.4, 0.5) is 0 Å². The number of aryl methyl sites for hydroxylation is 4. The molecule has 0 aliphatic rings. The Morgan fingerprint density at radius 2 is 0.783 bits per heavy atom. The van der Waals surface area contributed by atoms with Crippen LogP contribution in [0, 0.1) is 27.7 Å². The third-order valence-electron chi connectivity index (χ3n) is 9.07. The summed E-state index contributed by atoms with van der Waals surface area (Å²) in [6, 6.07) is 18.7. The Balaban J connectivity index is 1.78. The summed E-state index contributed by atoms with van der Waals surface area (Å²) in [5.41, 5.74) is 3.91. The van der Waals surface area contributed by atoms with E-state index < -0.39 is 22.2 Å². The van der Waals surface area contributed by atoms with Crippen LogP contribution in [0.25, 0.3) is 65.8 Å². The van der Waals surface area contributed by atoms with Crippen LogP contribution in [0.2, 0.25) is 0 Å². The summed E-state index contributed by atoms with van der Waals surface area (Å²) in [4.78, 5) is 65.6. The van der Waals surface area contributed by atoms with Crippen molar-refractivity contribution >= 4 is 86.2 Å². The largest absolute Gasteiger partial charge is 0.351 e. The van der Waals surface area contributed by atoms with Gasteiger partial charge in [-0.3, -0.25) is 19.2 Å². The number of fused-ring (bicyclic) bond motifs is 4. The average molecular weight is 736 g/mol. The van der Waals surface area contributed by atoms with Gasteiger partial charge in [-0.2, -0.15) is 0 Å². The smallest absolute Gasteiger partial charge is 0.268 e. The minimum atomic E-state index is -0.554. The molecule has 0 saturated carbocycles. The van der Waals surface area contributed by atoms with Crippen LogP contribution in [0.3, 0.4) is 0 Å². The number of H-pyrrole nitrogens is 2. The van der Waals surface area contributed by atoms with Gasteiger partial charge in [0.15, 0.2) is 0 Å². The second-order valence-corrected chi connectivity index (χ2v) is 13.4. The number of aromatic nitrogens is 4. The topological polar surface area (TPSA) is 110 Å². The number of pyridine rings is 2. The molecule has 8 aromatic rings. The van der Waals surface area contributed by atoms with E-state index in [1.165, 1.54) is 9.13 Å². The molecule has 0 bridgehead atoms. The third kappa shape index (κ3) is 3.59. The van der Waals surface area contributed by atoms with Gasteiger partial charge in [-0.15, -0.1) is 0 Å². The van der Waals surface area contributed by atoms with Gasteiger partial charge in [0, 0.05) is 19.7 Å². The molecule has 0 saturated heterocycles. The highest BCUT2D eigenvalue weighted by Gasteiger charge is 2.30. The zero-order valence-corrected chi connectivity index (χ0v) is 28.2. The molecule has 8 nitrogen and oxygen atoms in total. The van der Waals surface area contributed by atoms with E-state index in [-0.39, 0.29) is 32.3 Å². The van der Waals surface area contributed by atoms with Gasteiger partial charge in [-0.1, -0.05) is 48.5 Å². The molecule has 5 aromatic carbocycles. The summed E-state index contributed by atoms with van der Waals surface area (Å²) in [7, 11) is 0. The van der Waals surface area contributed by atoms with Crippen molar-refractivity contribution in [3.05, 3.63) is 133 Å². The van der Waals surface area contributed by atoms with Crippen LogP contribution in [0.15, 0.2) is 88.8 Å². The lowest BCUT2D eigenvalue weighted by Crippen LogP contribution is -2.36. The standard InChI is InChI=1S/C36H24Br2N4O4/c1-15-9-7-10-16(2)31(15)41-33(43)23-21-22-24(28(38)27(23)37)34(44)42(32-17(3)11-8-12-18(32)4)36(46)26(22)30-29(25(21)35(41)45)39-19-13-5-6-14-20(19)40-30/h5-14,39-40H,1-4H3. The number of halogens is 2. The first-order valence-corrected chi connectivity index (χ1v) is 16.2. The van der Waals surface area contributed by atoms with Gasteiger partial charge in [0.2, 0.25) is 0 Å². The van der Waals surface area contributed by atoms with E-state index in [4.69, 9.17) is 0 Å². The van der Waals surface area contributed by atoms with Gasteiger partial charge in [0.1, 0.15) is 0 Å². The van der Waals surface area contributed by atoms with Crippen molar-refractivity contribution in [1.82, 2.24) is 19.1 Å². The molecule has 226 valence electrons. The molecule has 0 radical (unpaired) electrons. The molecule has 8 rings (SSSR count). The highest BCUT2D eigenvalue weighted by molar-refractivity contribution is 9.13. The molecule has 0 aliphatic carbocycles. The van der Waals surface area contributed by atoms with Crippen LogP contribution in [-0.4, -0.2) is 19.1 Å². The predicted molar refractivity (Wildman–Crippen MR) is 192 cm³/mol. The number of hydrogen-bond donors (Lipinski definition) is 2. The third-order valence-corrected chi connectivity index (χ3v) is 11.2. The molecule has 0 aliphatic heterocycles. The molecule has 3 aromatic heterocycles. The summed E-state index contributed by atoms with van der Waals surface area (Å²) in [6.07, 6.45) is 0. The quantitative estimate of drug-likeness (QED) is 0.143. The number of aromatic amines is 2. The zero-order valence-electron chi connectivity index (χ0n) is 25.1. The van der Waals surface area contributed by atoms with E-state index in [2.05, 4.69) is 41.8 Å². The fourth-order valence-electron chi connectivity index (χ4n) is 7.09. The predicted octanol–water partition coefficient (Wildman–Crippen LogP) is 7.33. The maximum atomic E-state index is 14.8. The molecule has 46 heavy (non-hydrogen) atoms. The number of nitrogens with zero attached hydrogens (tertiary/aromatic N) is 2. The van der Waals surface area contributed by atoms with Crippen molar-refractivity contribution in [3.63, 3.8) is 0 Å². The lowest BCUT2D eigenvalue weighted by atomic mass is 9.94. The number of rotatable bonds is 2. The van der Waals surface area contributed by atoms with E-state index in [9.17, 15) is 19.2 Å². The Labute approximate surface area is 276 Å². The SMILES string of the molecule is Cc1cccc(C)c1-n1c(=O)c2c(Br)c(Br)c3c(=O)n(-c4c(C)cccc4C)c(=O)c4c5[nH]c6ccccc6[nH]c5c(c1=O)c2c34. The molecule has 0 fully saturated rings. The molecule has 2 N–H and O–H groups in total. The van der Waals surface area contributed by atoms with Gasteiger partial charge in [0.05, 0.1) is 55.0 Å². The first-order chi connectivity index (χ1) is 22.0. The highest BCUT2D eigenvalue weighted by Crippen LogP contribution is 2.43. The van der Waals surface area contributed by atoms with E-state index in [1.54, 1.807) is 0 Å². The molecular weight excluding hydrogens is 712 g/mol. The van der Waals surface area contributed by atoms with Crippen molar-refractivity contribution in [3.8, 4) is 11.4 Å².